The van der Waals surface area contributed by atoms with Crippen LogP contribution in [0, 0.1) is 11.3 Å². The van der Waals surface area contributed by atoms with Crippen molar-refractivity contribution in [2.75, 3.05) is 32.9 Å². The first kappa shape index (κ1) is 21.3. The van der Waals surface area contributed by atoms with E-state index in [2.05, 4.69) is 17.1 Å². The molecule has 33 heavy (non-hydrogen) atoms. The molecule has 0 bridgehead atoms. The zero-order valence-corrected chi connectivity index (χ0v) is 18.2. The van der Waals surface area contributed by atoms with Crippen LogP contribution in [0.1, 0.15) is 24.1 Å². The van der Waals surface area contributed by atoms with Crippen molar-refractivity contribution >= 4 is 22.4 Å². The number of aliphatic hydroxyl groups is 1. The number of fused-ring (bicyclic) bond motifs is 1. The highest BCUT2D eigenvalue weighted by molar-refractivity contribution is 5.98. The third-order valence-electron chi connectivity index (χ3n) is 6.24. The molecule has 2 aliphatic heterocycles. The smallest absolute Gasteiger partial charge is 0.248 e. The van der Waals surface area contributed by atoms with E-state index in [0.29, 0.717) is 31.0 Å². The van der Waals surface area contributed by atoms with Crippen LogP contribution in [0.3, 0.4) is 0 Å². The number of nitriles is 1. The number of hydrogen-bond acceptors (Lipinski definition) is 5. The van der Waals surface area contributed by atoms with Gasteiger partial charge >= 0.3 is 0 Å². The standard InChI is InChI=1S/C26H25N3O4/c27-13-19-11-17(6-7-25(19)33-20-3-2-10-32-16-20)21-4-1-5-23-22(21)12-24(28-23)18-8-9-29(14-18)26(31)15-30/h1,4-8,11-12,20,28,30H,2-3,9-10,14-16H2. The second kappa shape index (κ2) is 9.10. The summed E-state index contributed by atoms with van der Waals surface area (Å²) in [6, 6.07) is 16.1. The zero-order chi connectivity index (χ0) is 22.8. The van der Waals surface area contributed by atoms with Crippen molar-refractivity contribution in [3.05, 3.63) is 59.8 Å². The first-order valence-corrected chi connectivity index (χ1v) is 11.1. The molecule has 1 amide bonds. The number of aliphatic hydroxyl groups excluding tert-OH is 1. The Hall–Kier alpha value is -3.60. The average molecular weight is 444 g/mol. The maximum Gasteiger partial charge on any atom is 0.248 e. The third-order valence-corrected chi connectivity index (χ3v) is 6.24. The van der Waals surface area contributed by atoms with E-state index in [1.54, 1.807) is 4.90 Å². The number of carbonyl (C=O) groups excluding carboxylic acids is 1. The second-order valence-corrected chi connectivity index (χ2v) is 8.39. The SMILES string of the molecule is N#Cc1cc(-c2cccc3[nH]c(C4=CCN(C(=O)CO)C4)cc23)ccc1OC1CCCOC1. The summed E-state index contributed by atoms with van der Waals surface area (Å²) >= 11 is 0. The van der Waals surface area contributed by atoms with E-state index in [1.807, 2.05) is 42.5 Å². The number of H-pyrrole nitrogens is 1. The van der Waals surface area contributed by atoms with E-state index in [4.69, 9.17) is 14.6 Å². The molecule has 1 aromatic heterocycles. The van der Waals surface area contributed by atoms with Crippen molar-refractivity contribution in [2.24, 2.45) is 0 Å². The largest absolute Gasteiger partial charge is 0.487 e. The minimum atomic E-state index is -0.479. The molecule has 5 rings (SSSR count). The quantitative estimate of drug-likeness (QED) is 0.629. The van der Waals surface area contributed by atoms with E-state index < -0.39 is 6.61 Å². The molecule has 7 heteroatoms. The Kier molecular flexibility index (Phi) is 5.86. The van der Waals surface area contributed by atoms with Gasteiger partial charge in [-0.3, -0.25) is 4.79 Å². The summed E-state index contributed by atoms with van der Waals surface area (Å²) in [5.74, 6) is 0.313. The summed E-state index contributed by atoms with van der Waals surface area (Å²) in [5.41, 5.74) is 5.41. The van der Waals surface area contributed by atoms with Gasteiger partial charge in [0, 0.05) is 36.3 Å². The van der Waals surface area contributed by atoms with Crippen LogP contribution in [0.15, 0.2) is 48.5 Å². The topological polar surface area (TPSA) is 98.6 Å². The number of aromatic nitrogens is 1. The molecule has 3 aromatic rings. The average Bonchev–Trinajstić information content (AvgIpc) is 3.52. The number of ether oxygens (including phenoxy) is 2. The zero-order valence-electron chi connectivity index (χ0n) is 18.2. The van der Waals surface area contributed by atoms with Gasteiger partial charge in [-0.1, -0.05) is 24.3 Å². The Bertz CT molecular complexity index is 1260. The molecule has 3 heterocycles. The summed E-state index contributed by atoms with van der Waals surface area (Å²) < 4.78 is 11.5. The Balaban J connectivity index is 1.44. The predicted molar refractivity (Wildman–Crippen MR) is 125 cm³/mol. The summed E-state index contributed by atoms with van der Waals surface area (Å²) in [6.07, 6.45) is 3.87. The Labute approximate surface area is 191 Å². The fourth-order valence-electron chi connectivity index (χ4n) is 4.49. The van der Waals surface area contributed by atoms with E-state index in [-0.39, 0.29) is 12.0 Å². The third kappa shape index (κ3) is 4.23. The Morgan fingerprint density at radius 3 is 3.00 bits per heavy atom. The van der Waals surface area contributed by atoms with Crippen molar-refractivity contribution < 1.29 is 19.4 Å². The van der Waals surface area contributed by atoms with Gasteiger partial charge in [0.05, 0.1) is 12.2 Å². The van der Waals surface area contributed by atoms with Crippen molar-refractivity contribution in [3.63, 3.8) is 0 Å². The molecule has 0 aliphatic carbocycles. The molecule has 1 atom stereocenters. The first-order valence-electron chi connectivity index (χ1n) is 11.1. The van der Waals surface area contributed by atoms with Crippen LogP contribution in [0.25, 0.3) is 27.6 Å². The number of benzene rings is 2. The fraction of sp³-hybridized carbons (Fsp3) is 0.308. The van der Waals surface area contributed by atoms with E-state index in [0.717, 1.165) is 52.7 Å². The molecule has 0 spiro atoms. The molecule has 2 N–H and O–H groups in total. The van der Waals surface area contributed by atoms with Gasteiger partial charge in [0.2, 0.25) is 5.91 Å². The molecule has 0 radical (unpaired) electrons. The van der Waals surface area contributed by atoms with Crippen LogP contribution in [0.5, 0.6) is 5.75 Å². The molecule has 1 saturated heterocycles. The van der Waals surface area contributed by atoms with Gasteiger partial charge in [-0.15, -0.1) is 0 Å². The van der Waals surface area contributed by atoms with Crippen LogP contribution in [0.4, 0.5) is 0 Å². The minimum Gasteiger partial charge on any atom is -0.487 e. The van der Waals surface area contributed by atoms with Gasteiger partial charge in [-0.2, -0.15) is 5.26 Å². The predicted octanol–water partition coefficient (Wildman–Crippen LogP) is 3.48. The lowest BCUT2D eigenvalue weighted by molar-refractivity contribution is -0.132. The lowest BCUT2D eigenvalue weighted by Gasteiger charge is -2.23. The second-order valence-electron chi connectivity index (χ2n) is 8.39. The number of hydrogen-bond donors (Lipinski definition) is 2. The van der Waals surface area contributed by atoms with Gasteiger partial charge in [0.25, 0.3) is 0 Å². The van der Waals surface area contributed by atoms with Crippen molar-refractivity contribution in [3.8, 4) is 22.9 Å². The number of nitrogens with one attached hydrogen (secondary N) is 1. The Morgan fingerprint density at radius 2 is 2.21 bits per heavy atom. The van der Waals surface area contributed by atoms with Crippen LogP contribution < -0.4 is 4.74 Å². The van der Waals surface area contributed by atoms with Crippen LogP contribution in [-0.2, 0) is 9.53 Å². The summed E-state index contributed by atoms with van der Waals surface area (Å²) in [6.45, 7) is 1.80. The van der Waals surface area contributed by atoms with Gasteiger partial charge < -0.3 is 24.5 Å². The van der Waals surface area contributed by atoms with Crippen LogP contribution in [-0.4, -0.2) is 59.9 Å². The van der Waals surface area contributed by atoms with E-state index in [1.165, 1.54) is 0 Å². The molecule has 2 aromatic carbocycles. The molecule has 1 fully saturated rings. The number of rotatable bonds is 5. The lowest BCUT2D eigenvalue weighted by atomic mass is 9.99. The highest BCUT2D eigenvalue weighted by atomic mass is 16.5. The van der Waals surface area contributed by atoms with Gasteiger partial charge in [-0.25, -0.2) is 0 Å². The molecule has 1 unspecified atom stereocenters. The summed E-state index contributed by atoms with van der Waals surface area (Å²) in [5, 5.41) is 19.9. The fourth-order valence-corrected chi connectivity index (χ4v) is 4.49. The molecule has 168 valence electrons. The normalized spacial score (nSPS) is 18.2. The molecule has 2 aliphatic rings. The molecule has 7 nitrogen and oxygen atoms in total. The highest BCUT2D eigenvalue weighted by Gasteiger charge is 2.22. The summed E-state index contributed by atoms with van der Waals surface area (Å²) in [7, 11) is 0. The van der Waals surface area contributed by atoms with Crippen LogP contribution >= 0.6 is 0 Å². The molecule has 0 saturated carbocycles. The maximum absolute atomic E-state index is 11.8. The van der Waals surface area contributed by atoms with Crippen molar-refractivity contribution in [1.29, 1.82) is 5.26 Å². The number of nitrogens with zero attached hydrogens (tertiary/aromatic N) is 2. The highest BCUT2D eigenvalue weighted by Crippen LogP contribution is 2.34. The molecular weight excluding hydrogens is 418 g/mol. The number of amides is 1. The summed E-state index contributed by atoms with van der Waals surface area (Å²) in [4.78, 5) is 16.9. The monoisotopic (exact) mass is 443 g/mol. The Morgan fingerprint density at radius 1 is 1.30 bits per heavy atom. The lowest BCUT2D eigenvalue weighted by Crippen LogP contribution is -2.31. The first-order chi connectivity index (χ1) is 16.2. The van der Waals surface area contributed by atoms with Gasteiger partial charge in [0.15, 0.2) is 0 Å². The maximum atomic E-state index is 11.8. The van der Waals surface area contributed by atoms with Crippen LogP contribution in [0.2, 0.25) is 0 Å². The number of carbonyl (C=O) groups is 1. The van der Waals surface area contributed by atoms with Crippen molar-refractivity contribution in [1.82, 2.24) is 9.88 Å². The molecular formula is C26H25N3O4. The number of aromatic amines is 1. The van der Waals surface area contributed by atoms with E-state index >= 15 is 0 Å². The minimum absolute atomic E-state index is 0.0238. The van der Waals surface area contributed by atoms with E-state index in [9.17, 15) is 10.1 Å². The van der Waals surface area contributed by atoms with Crippen molar-refractivity contribution in [2.45, 2.75) is 18.9 Å². The van der Waals surface area contributed by atoms with Gasteiger partial charge in [-0.05, 0) is 53.8 Å². The van der Waals surface area contributed by atoms with Gasteiger partial charge in [0.1, 0.15) is 24.5 Å².